The molecule has 2 heteroatoms. The molecule has 0 fully saturated rings. The highest BCUT2D eigenvalue weighted by Crippen LogP contribution is 2.20. The molecule has 0 aromatic heterocycles. The van der Waals surface area contributed by atoms with Crippen molar-refractivity contribution in [2.45, 2.75) is 59.4 Å². The Kier molecular flexibility index (Phi) is 6.08. The molecular formula is C12H26ClN. The third-order valence-electron chi connectivity index (χ3n) is 2.85. The molecule has 0 aliphatic rings. The maximum atomic E-state index is 5.79. The minimum atomic E-state index is 0.229. The van der Waals surface area contributed by atoms with Gasteiger partial charge in [-0.05, 0) is 38.1 Å². The first-order valence-electron chi connectivity index (χ1n) is 5.64. The summed E-state index contributed by atoms with van der Waals surface area (Å²) in [7, 11) is 0. The molecule has 0 aliphatic heterocycles. The standard InChI is InChI=1S/C12H26ClN/c1-6-12(5,7-9-13)14-10-8-11(2,3)4/h14H,6-10H2,1-5H3. The van der Waals surface area contributed by atoms with E-state index in [0.29, 0.717) is 5.41 Å². The molecule has 1 N–H and O–H groups in total. The van der Waals surface area contributed by atoms with Gasteiger partial charge in [-0.1, -0.05) is 27.7 Å². The fraction of sp³-hybridized carbons (Fsp3) is 1.00. The van der Waals surface area contributed by atoms with E-state index >= 15 is 0 Å². The second-order valence-electron chi connectivity index (χ2n) is 5.59. The van der Waals surface area contributed by atoms with Crippen LogP contribution in [0.15, 0.2) is 0 Å². The van der Waals surface area contributed by atoms with Gasteiger partial charge in [0.25, 0.3) is 0 Å². The van der Waals surface area contributed by atoms with E-state index in [9.17, 15) is 0 Å². The van der Waals surface area contributed by atoms with Crippen molar-refractivity contribution >= 4 is 11.6 Å². The summed E-state index contributed by atoms with van der Waals surface area (Å²) in [6.45, 7) is 12.4. The van der Waals surface area contributed by atoms with Gasteiger partial charge < -0.3 is 5.32 Å². The molecule has 0 spiro atoms. The molecule has 1 nitrogen and oxygen atoms in total. The van der Waals surface area contributed by atoms with Gasteiger partial charge in [-0.2, -0.15) is 0 Å². The average molecular weight is 220 g/mol. The van der Waals surface area contributed by atoms with Crippen molar-refractivity contribution in [3.8, 4) is 0 Å². The van der Waals surface area contributed by atoms with Crippen LogP contribution in [0.2, 0.25) is 0 Å². The second kappa shape index (κ2) is 5.97. The van der Waals surface area contributed by atoms with Gasteiger partial charge in [-0.15, -0.1) is 11.6 Å². The predicted molar refractivity (Wildman–Crippen MR) is 66.1 cm³/mol. The molecule has 0 radical (unpaired) electrons. The Balaban J connectivity index is 3.84. The van der Waals surface area contributed by atoms with E-state index in [1.54, 1.807) is 0 Å². The van der Waals surface area contributed by atoms with Gasteiger partial charge in [-0.3, -0.25) is 0 Å². The van der Waals surface area contributed by atoms with Crippen LogP contribution in [0.1, 0.15) is 53.9 Å². The normalized spacial score (nSPS) is 16.7. The summed E-state index contributed by atoms with van der Waals surface area (Å²) in [6.07, 6.45) is 3.41. The topological polar surface area (TPSA) is 12.0 Å². The summed E-state index contributed by atoms with van der Waals surface area (Å²) < 4.78 is 0. The van der Waals surface area contributed by atoms with Crippen LogP contribution in [0.4, 0.5) is 0 Å². The minimum absolute atomic E-state index is 0.229. The predicted octanol–water partition coefficient (Wildman–Crippen LogP) is 3.81. The largest absolute Gasteiger partial charge is 0.311 e. The van der Waals surface area contributed by atoms with Crippen LogP contribution in [-0.4, -0.2) is 18.0 Å². The minimum Gasteiger partial charge on any atom is -0.311 e. The van der Waals surface area contributed by atoms with Gasteiger partial charge in [0.05, 0.1) is 0 Å². The number of hydrogen-bond acceptors (Lipinski definition) is 1. The lowest BCUT2D eigenvalue weighted by Gasteiger charge is -2.31. The van der Waals surface area contributed by atoms with E-state index in [4.69, 9.17) is 11.6 Å². The van der Waals surface area contributed by atoms with Crippen LogP contribution >= 0.6 is 11.6 Å². The molecule has 1 unspecified atom stereocenters. The number of hydrogen-bond donors (Lipinski definition) is 1. The van der Waals surface area contributed by atoms with Gasteiger partial charge in [0, 0.05) is 11.4 Å². The van der Waals surface area contributed by atoms with Crippen molar-refractivity contribution in [1.29, 1.82) is 0 Å². The molecule has 0 amide bonds. The molecule has 14 heavy (non-hydrogen) atoms. The first-order chi connectivity index (χ1) is 6.33. The highest BCUT2D eigenvalue weighted by atomic mass is 35.5. The molecule has 0 aromatic carbocycles. The van der Waals surface area contributed by atoms with E-state index in [1.807, 2.05) is 0 Å². The summed E-state index contributed by atoms with van der Waals surface area (Å²) in [6, 6.07) is 0. The van der Waals surface area contributed by atoms with Crippen molar-refractivity contribution in [3.63, 3.8) is 0 Å². The molecular weight excluding hydrogens is 194 g/mol. The fourth-order valence-corrected chi connectivity index (χ4v) is 1.76. The van der Waals surface area contributed by atoms with Gasteiger partial charge in [0.2, 0.25) is 0 Å². The van der Waals surface area contributed by atoms with Gasteiger partial charge in [0.15, 0.2) is 0 Å². The Bertz CT molecular complexity index is 151. The highest BCUT2D eigenvalue weighted by molar-refractivity contribution is 6.17. The quantitative estimate of drug-likeness (QED) is 0.670. The van der Waals surface area contributed by atoms with Crippen LogP contribution in [-0.2, 0) is 0 Å². The molecule has 0 saturated carbocycles. The molecule has 0 aliphatic carbocycles. The highest BCUT2D eigenvalue weighted by Gasteiger charge is 2.21. The Morgan fingerprint density at radius 2 is 1.64 bits per heavy atom. The smallest absolute Gasteiger partial charge is 0.0240 e. The Morgan fingerprint density at radius 1 is 1.07 bits per heavy atom. The lowest BCUT2D eigenvalue weighted by molar-refractivity contribution is 0.292. The first kappa shape index (κ1) is 14.2. The SMILES string of the molecule is CCC(C)(CCCl)NCCC(C)(C)C. The van der Waals surface area contributed by atoms with Crippen molar-refractivity contribution in [2.24, 2.45) is 5.41 Å². The lowest BCUT2D eigenvalue weighted by atomic mass is 9.90. The Labute approximate surface area is 94.6 Å². The van der Waals surface area contributed by atoms with Gasteiger partial charge in [0.1, 0.15) is 0 Å². The van der Waals surface area contributed by atoms with E-state index < -0.39 is 0 Å². The molecule has 0 saturated heterocycles. The van der Waals surface area contributed by atoms with E-state index in [0.717, 1.165) is 25.3 Å². The van der Waals surface area contributed by atoms with Crippen LogP contribution in [0, 0.1) is 5.41 Å². The van der Waals surface area contributed by atoms with Gasteiger partial charge in [-0.25, -0.2) is 0 Å². The van der Waals surface area contributed by atoms with E-state index in [1.165, 1.54) is 6.42 Å². The van der Waals surface area contributed by atoms with Crippen LogP contribution in [0.25, 0.3) is 0 Å². The molecule has 86 valence electrons. The summed E-state index contributed by atoms with van der Waals surface area (Å²) in [5.74, 6) is 0.743. The summed E-state index contributed by atoms with van der Waals surface area (Å²) >= 11 is 5.79. The van der Waals surface area contributed by atoms with Crippen molar-refractivity contribution in [1.82, 2.24) is 5.32 Å². The van der Waals surface area contributed by atoms with Gasteiger partial charge >= 0.3 is 0 Å². The molecule has 0 bridgehead atoms. The zero-order chi connectivity index (χ0) is 11.2. The van der Waals surface area contributed by atoms with E-state index in [2.05, 4.69) is 39.9 Å². The lowest BCUT2D eigenvalue weighted by Crippen LogP contribution is -2.43. The first-order valence-corrected chi connectivity index (χ1v) is 6.17. The summed E-state index contributed by atoms with van der Waals surface area (Å²) in [4.78, 5) is 0. The van der Waals surface area contributed by atoms with Crippen LogP contribution < -0.4 is 5.32 Å². The number of nitrogens with one attached hydrogen (secondary N) is 1. The molecule has 1 atom stereocenters. The maximum Gasteiger partial charge on any atom is 0.0240 e. The zero-order valence-corrected chi connectivity index (χ0v) is 11.2. The van der Waals surface area contributed by atoms with Crippen LogP contribution in [0.3, 0.4) is 0 Å². The van der Waals surface area contributed by atoms with Crippen molar-refractivity contribution < 1.29 is 0 Å². The number of rotatable bonds is 6. The summed E-state index contributed by atoms with van der Waals surface area (Å²) in [5, 5.41) is 3.62. The molecule has 0 heterocycles. The summed E-state index contributed by atoms with van der Waals surface area (Å²) in [5.41, 5.74) is 0.648. The number of alkyl halides is 1. The number of halogens is 1. The Hall–Kier alpha value is 0.250. The monoisotopic (exact) mass is 219 g/mol. The Morgan fingerprint density at radius 3 is 2.00 bits per heavy atom. The maximum absolute atomic E-state index is 5.79. The average Bonchev–Trinajstić information content (AvgIpc) is 2.02. The molecule has 0 aromatic rings. The molecule has 0 rings (SSSR count). The third kappa shape index (κ3) is 6.67. The van der Waals surface area contributed by atoms with Crippen molar-refractivity contribution in [3.05, 3.63) is 0 Å². The van der Waals surface area contributed by atoms with Crippen LogP contribution in [0.5, 0.6) is 0 Å². The fourth-order valence-electron chi connectivity index (χ4n) is 1.34. The third-order valence-corrected chi connectivity index (χ3v) is 3.04. The zero-order valence-electron chi connectivity index (χ0n) is 10.4. The second-order valence-corrected chi connectivity index (χ2v) is 5.97. The van der Waals surface area contributed by atoms with E-state index in [-0.39, 0.29) is 5.54 Å². The van der Waals surface area contributed by atoms with Crippen molar-refractivity contribution in [2.75, 3.05) is 12.4 Å².